The summed E-state index contributed by atoms with van der Waals surface area (Å²) in [6, 6.07) is 0.804. The lowest BCUT2D eigenvalue weighted by Gasteiger charge is -2.32. The number of rotatable bonds is 4. The molecule has 3 aliphatic rings. The van der Waals surface area contributed by atoms with Gasteiger partial charge in [0.2, 0.25) is 0 Å². The molecule has 0 radical (unpaired) electrons. The molecule has 3 nitrogen and oxygen atoms in total. The van der Waals surface area contributed by atoms with Crippen LogP contribution in [-0.2, 0) is 13.0 Å². The van der Waals surface area contributed by atoms with Crippen LogP contribution >= 0.6 is 0 Å². The van der Waals surface area contributed by atoms with Gasteiger partial charge in [-0.15, -0.1) is 0 Å². The van der Waals surface area contributed by atoms with Gasteiger partial charge >= 0.3 is 0 Å². The minimum Gasteiger partial charge on any atom is -0.335 e. The Morgan fingerprint density at radius 1 is 1.15 bits per heavy atom. The molecule has 0 unspecified atom stereocenters. The van der Waals surface area contributed by atoms with Crippen LogP contribution < -0.4 is 5.32 Å². The molecule has 0 aromatic carbocycles. The Bertz CT molecular complexity index is 449. The second kappa shape index (κ2) is 5.51. The fraction of sp³-hybridized carbons (Fsp3) is 0.824. The second-order valence-corrected chi connectivity index (χ2v) is 7.27. The number of hydrogen-bond acceptors (Lipinski definition) is 2. The molecule has 1 aliphatic heterocycles. The van der Waals surface area contributed by atoms with Gasteiger partial charge < -0.3 is 9.88 Å². The van der Waals surface area contributed by atoms with Gasteiger partial charge in [0.25, 0.3) is 0 Å². The number of aromatic nitrogens is 2. The summed E-state index contributed by atoms with van der Waals surface area (Å²) in [5.41, 5.74) is 0. The molecule has 0 bridgehead atoms. The molecular weight excluding hydrogens is 246 g/mol. The summed E-state index contributed by atoms with van der Waals surface area (Å²) in [6.07, 6.45) is 15.4. The summed E-state index contributed by atoms with van der Waals surface area (Å²) in [6.45, 7) is 2.38. The third kappa shape index (κ3) is 2.78. The summed E-state index contributed by atoms with van der Waals surface area (Å²) in [5.74, 6) is 4.24. The van der Waals surface area contributed by atoms with E-state index in [4.69, 9.17) is 0 Å². The predicted octanol–water partition coefficient (Wildman–Crippen LogP) is 3.00. The monoisotopic (exact) mass is 273 g/mol. The summed E-state index contributed by atoms with van der Waals surface area (Å²) < 4.78 is 2.35. The molecule has 3 atom stereocenters. The van der Waals surface area contributed by atoms with Crippen molar-refractivity contribution in [2.45, 2.75) is 64.0 Å². The first-order chi connectivity index (χ1) is 9.88. The van der Waals surface area contributed by atoms with E-state index in [1.165, 1.54) is 63.9 Å². The Hall–Kier alpha value is -0.830. The molecule has 1 aromatic heterocycles. The summed E-state index contributed by atoms with van der Waals surface area (Å²) in [7, 11) is 0. The largest absolute Gasteiger partial charge is 0.335 e. The first kappa shape index (κ1) is 12.9. The first-order valence-corrected chi connectivity index (χ1v) is 8.62. The average molecular weight is 273 g/mol. The molecule has 0 amide bonds. The van der Waals surface area contributed by atoms with Crippen molar-refractivity contribution >= 4 is 0 Å². The highest BCUT2D eigenvalue weighted by atomic mass is 15.1. The van der Waals surface area contributed by atoms with Gasteiger partial charge in [-0.25, -0.2) is 4.98 Å². The Labute approximate surface area is 122 Å². The van der Waals surface area contributed by atoms with Gasteiger partial charge in [0.15, 0.2) is 0 Å². The van der Waals surface area contributed by atoms with Gasteiger partial charge in [0, 0.05) is 31.4 Å². The molecule has 4 rings (SSSR count). The summed E-state index contributed by atoms with van der Waals surface area (Å²) in [5, 5.41) is 3.89. The van der Waals surface area contributed by atoms with Crippen LogP contribution in [0.5, 0.6) is 0 Å². The van der Waals surface area contributed by atoms with Crippen molar-refractivity contribution in [3.8, 4) is 0 Å². The van der Waals surface area contributed by atoms with Crippen LogP contribution in [0.3, 0.4) is 0 Å². The molecule has 20 heavy (non-hydrogen) atoms. The lowest BCUT2D eigenvalue weighted by atomic mass is 9.82. The van der Waals surface area contributed by atoms with Crippen LogP contribution in [0.2, 0.25) is 0 Å². The zero-order valence-electron chi connectivity index (χ0n) is 12.4. The number of hydrogen-bond donors (Lipinski definition) is 1. The van der Waals surface area contributed by atoms with E-state index in [-0.39, 0.29) is 0 Å². The van der Waals surface area contributed by atoms with Crippen LogP contribution in [-0.4, -0.2) is 22.1 Å². The lowest BCUT2D eigenvalue weighted by molar-refractivity contribution is 0.242. The van der Waals surface area contributed by atoms with Crippen LogP contribution in [0.25, 0.3) is 0 Å². The van der Waals surface area contributed by atoms with Crippen molar-refractivity contribution in [1.82, 2.24) is 14.9 Å². The van der Waals surface area contributed by atoms with E-state index in [9.17, 15) is 0 Å². The van der Waals surface area contributed by atoms with Crippen molar-refractivity contribution in [2.75, 3.05) is 6.54 Å². The van der Waals surface area contributed by atoms with E-state index < -0.39 is 0 Å². The average Bonchev–Trinajstić information content (AvgIpc) is 3.24. The minimum atomic E-state index is 0.804. The molecule has 110 valence electrons. The number of aryl methyl sites for hydroxylation is 1. The Morgan fingerprint density at radius 3 is 3.00 bits per heavy atom. The van der Waals surface area contributed by atoms with Crippen molar-refractivity contribution in [3.63, 3.8) is 0 Å². The number of fused-ring (bicyclic) bond motifs is 1. The van der Waals surface area contributed by atoms with Crippen molar-refractivity contribution < 1.29 is 0 Å². The standard InChI is InChI=1S/C17H27N3/c1-2-15(14-5-6-14)10-16(3-1)19-11-13-4-7-17-18-8-9-20(17)12-13/h8-9,13-16,19H,1-7,10-12H2/t13-,15-,16-/m1/s1. The molecular formula is C17H27N3. The molecule has 1 aromatic rings. The first-order valence-electron chi connectivity index (χ1n) is 8.62. The van der Waals surface area contributed by atoms with E-state index in [1.807, 2.05) is 6.20 Å². The van der Waals surface area contributed by atoms with E-state index in [0.29, 0.717) is 0 Å². The smallest absolute Gasteiger partial charge is 0.108 e. The topological polar surface area (TPSA) is 29.9 Å². The molecule has 2 fully saturated rings. The van der Waals surface area contributed by atoms with E-state index in [1.54, 1.807) is 0 Å². The molecule has 0 saturated heterocycles. The molecule has 2 heterocycles. The SMILES string of the molecule is c1cn2c(n1)CC[C@H](CN[C@@H]1CCC[C@@H](C3CC3)C1)C2. The maximum Gasteiger partial charge on any atom is 0.108 e. The zero-order chi connectivity index (χ0) is 13.4. The minimum absolute atomic E-state index is 0.804. The van der Waals surface area contributed by atoms with E-state index >= 15 is 0 Å². The van der Waals surface area contributed by atoms with Crippen LogP contribution in [0.15, 0.2) is 12.4 Å². The molecule has 1 N–H and O–H groups in total. The number of nitrogens with one attached hydrogen (secondary N) is 1. The maximum absolute atomic E-state index is 4.42. The van der Waals surface area contributed by atoms with Gasteiger partial charge in [-0.2, -0.15) is 0 Å². The van der Waals surface area contributed by atoms with Gasteiger partial charge in [-0.3, -0.25) is 0 Å². The highest BCUT2D eigenvalue weighted by Crippen LogP contribution is 2.43. The molecule has 0 spiro atoms. The van der Waals surface area contributed by atoms with Crippen molar-refractivity contribution in [3.05, 3.63) is 18.2 Å². The Morgan fingerprint density at radius 2 is 2.10 bits per heavy atom. The van der Waals surface area contributed by atoms with Gasteiger partial charge in [0.05, 0.1) is 0 Å². The van der Waals surface area contributed by atoms with Crippen molar-refractivity contribution in [2.24, 2.45) is 17.8 Å². The fourth-order valence-corrected chi connectivity index (χ4v) is 4.35. The normalized spacial score (nSPS) is 33.9. The van der Waals surface area contributed by atoms with E-state index in [0.717, 1.165) is 30.2 Å². The zero-order valence-corrected chi connectivity index (χ0v) is 12.4. The van der Waals surface area contributed by atoms with Gasteiger partial charge in [-0.1, -0.05) is 12.8 Å². The van der Waals surface area contributed by atoms with Crippen LogP contribution in [0, 0.1) is 17.8 Å². The third-order valence-corrected chi connectivity index (χ3v) is 5.73. The van der Waals surface area contributed by atoms with Crippen molar-refractivity contribution in [1.29, 1.82) is 0 Å². The predicted molar refractivity (Wildman–Crippen MR) is 80.5 cm³/mol. The van der Waals surface area contributed by atoms with Crippen LogP contribution in [0.1, 0.15) is 50.8 Å². The number of nitrogens with zero attached hydrogens (tertiary/aromatic N) is 2. The Balaban J connectivity index is 1.26. The second-order valence-electron chi connectivity index (χ2n) is 7.27. The molecule has 3 heteroatoms. The highest BCUT2D eigenvalue weighted by Gasteiger charge is 2.34. The van der Waals surface area contributed by atoms with E-state index in [2.05, 4.69) is 21.1 Å². The molecule has 2 saturated carbocycles. The fourth-order valence-electron chi connectivity index (χ4n) is 4.35. The number of imidazole rings is 1. The summed E-state index contributed by atoms with van der Waals surface area (Å²) >= 11 is 0. The quantitative estimate of drug-likeness (QED) is 0.914. The van der Waals surface area contributed by atoms with Gasteiger partial charge in [0.1, 0.15) is 5.82 Å². The summed E-state index contributed by atoms with van der Waals surface area (Å²) in [4.78, 5) is 4.42. The Kier molecular flexibility index (Phi) is 3.55. The lowest BCUT2D eigenvalue weighted by Crippen LogP contribution is -2.39. The third-order valence-electron chi connectivity index (χ3n) is 5.73. The maximum atomic E-state index is 4.42. The highest BCUT2D eigenvalue weighted by molar-refractivity contribution is 4.97. The van der Waals surface area contributed by atoms with Crippen LogP contribution in [0.4, 0.5) is 0 Å². The van der Waals surface area contributed by atoms with Gasteiger partial charge in [-0.05, 0) is 56.4 Å². The molecule has 2 aliphatic carbocycles.